The van der Waals surface area contributed by atoms with Gasteiger partial charge < -0.3 is 14.7 Å². The molecule has 1 heterocycles. The molecule has 0 radical (unpaired) electrons. The Morgan fingerprint density at radius 2 is 1.69 bits per heavy atom. The first kappa shape index (κ1) is 23.2. The molecule has 1 saturated heterocycles. The number of aliphatic hydroxyl groups is 1. The van der Waals surface area contributed by atoms with Crippen molar-refractivity contribution in [3.63, 3.8) is 0 Å². The van der Waals surface area contributed by atoms with E-state index in [-0.39, 0.29) is 6.10 Å². The molecule has 4 nitrogen and oxygen atoms in total. The quantitative estimate of drug-likeness (QED) is 0.332. The Morgan fingerprint density at radius 1 is 1.00 bits per heavy atom. The summed E-state index contributed by atoms with van der Waals surface area (Å²) in [5.74, 6) is 0.296. The van der Waals surface area contributed by atoms with Crippen molar-refractivity contribution in [1.29, 1.82) is 0 Å². The van der Waals surface area contributed by atoms with Gasteiger partial charge in [0.15, 0.2) is 0 Å². The van der Waals surface area contributed by atoms with Crippen molar-refractivity contribution in [3.8, 4) is 0 Å². The summed E-state index contributed by atoms with van der Waals surface area (Å²) in [6, 6.07) is 0. The molecule has 0 saturated carbocycles. The molecule has 1 amide bonds. The van der Waals surface area contributed by atoms with E-state index in [4.69, 9.17) is 4.74 Å². The molecule has 26 heavy (non-hydrogen) atoms. The minimum Gasteiger partial charge on any atom is -0.393 e. The number of aliphatic hydroxyl groups excluding tert-OH is 1. The number of morpholine rings is 1. The molecule has 0 unspecified atom stereocenters. The van der Waals surface area contributed by atoms with Gasteiger partial charge in [-0.3, -0.25) is 4.79 Å². The topological polar surface area (TPSA) is 49.8 Å². The highest BCUT2D eigenvalue weighted by molar-refractivity contribution is 5.76. The average Bonchev–Trinajstić information content (AvgIpc) is 2.67. The number of rotatable bonds is 15. The van der Waals surface area contributed by atoms with Crippen LogP contribution in [0.25, 0.3) is 0 Å². The van der Waals surface area contributed by atoms with E-state index in [1.807, 2.05) is 4.90 Å². The Kier molecular flexibility index (Phi) is 14.5. The maximum atomic E-state index is 12.0. The summed E-state index contributed by atoms with van der Waals surface area (Å²) < 4.78 is 5.27. The van der Waals surface area contributed by atoms with E-state index in [1.165, 1.54) is 38.5 Å². The molecule has 0 bridgehead atoms. The van der Waals surface area contributed by atoms with Crippen LogP contribution >= 0.6 is 0 Å². The number of unbranched alkanes of at least 4 members (excludes halogenated alkanes) is 8. The first-order valence-corrected chi connectivity index (χ1v) is 10.9. The zero-order valence-corrected chi connectivity index (χ0v) is 17.0. The van der Waals surface area contributed by atoms with E-state index in [9.17, 15) is 9.90 Å². The second-order valence-corrected chi connectivity index (χ2v) is 7.51. The number of ether oxygens (including phenoxy) is 1. The van der Waals surface area contributed by atoms with Crippen LogP contribution in [-0.4, -0.2) is 48.3 Å². The van der Waals surface area contributed by atoms with Gasteiger partial charge in [0.2, 0.25) is 5.91 Å². The minimum atomic E-state index is -0.160. The smallest absolute Gasteiger partial charge is 0.222 e. The molecule has 1 aliphatic rings. The van der Waals surface area contributed by atoms with Crippen LogP contribution in [0.3, 0.4) is 0 Å². The molecular weight excluding hydrogens is 326 g/mol. The predicted molar refractivity (Wildman–Crippen MR) is 108 cm³/mol. The number of allylic oxidation sites excluding steroid dienone is 1. The maximum absolute atomic E-state index is 12.0. The third-order valence-corrected chi connectivity index (χ3v) is 5.09. The second-order valence-electron chi connectivity index (χ2n) is 7.51. The molecule has 1 aliphatic heterocycles. The Hall–Kier alpha value is -0.870. The number of carbonyl (C=O) groups excluding carboxylic acids is 1. The van der Waals surface area contributed by atoms with Gasteiger partial charge in [-0.15, -0.1) is 0 Å². The summed E-state index contributed by atoms with van der Waals surface area (Å²) in [7, 11) is 0. The van der Waals surface area contributed by atoms with Crippen LogP contribution in [-0.2, 0) is 9.53 Å². The first-order chi connectivity index (χ1) is 12.7. The number of hydrogen-bond donors (Lipinski definition) is 1. The van der Waals surface area contributed by atoms with Gasteiger partial charge in [0.25, 0.3) is 0 Å². The first-order valence-electron chi connectivity index (χ1n) is 10.9. The van der Waals surface area contributed by atoms with Gasteiger partial charge in [0, 0.05) is 19.5 Å². The normalized spacial score (nSPS) is 16.3. The van der Waals surface area contributed by atoms with E-state index >= 15 is 0 Å². The van der Waals surface area contributed by atoms with Gasteiger partial charge in [-0.1, -0.05) is 64.0 Å². The largest absolute Gasteiger partial charge is 0.393 e. The van der Waals surface area contributed by atoms with E-state index in [0.29, 0.717) is 25.5 Å². The highest BCUT2D eigenvalue weighted by Crippen LogP contribution is 2.11. The van der Waals surface area contributed by atoms with Crippen LogP contribution < -0.4 is 0 Å². The third kappa shape index (κ3) is 12.5. The zero-order chi connectivity index (χ0) is 18.9. The van der Waals surface area contributed by atoms with E-state index in [2.05, 4.69) is 19.1 Å². The van der Waals surface area contributed by atoms with Crippen molar-refractivity contribution in [2.75, 3.05) is 26.3 Å². The summed E-state index contributed by atoms with van der Waals surface area (Å²) in [5.41, 5.74) is 0. The van der Waals surface area contributed by atoms with Crippen LogP contribution in [0.5, 0.6) is 0 Å². The lowest BCUT2D eigenvalue weighted by molar-refractivity contribution is -0.135. The molecule has 4 heteroatoms. The summed E-state index contributed by atoms with van der Waals surface area (Å²) >= 11 is 0. The SMILES string of the molecule is CCCCCC[C@@H](O)C/C=C\CCCCCCCC(=O)N1CCOCC1. The minimum absolute atomic E-state index is 0.160. The average molecular weight is 368 g/mol. The van der Waals surface area contributed by atoms with Crippen molar-refractivity contribution in [3.05, 3.63) is 12.2 Å². The maximum Gasteiger partial charge on any atom is 0.222 e. The second kappa shape index (κ2) is 16.3. The summed E-state index contributed by atoms with van der Waals surface area (Å²) in [6.07, 6.45) is 18.5. The summed E-state index contributed by atoms with van der Waals surface area (Å²) in [6.45, 7) is 5.12. The fraction of sp³-hybridized carbons (Fsp3) is 0.864. The molecule has 0 aromatic carbocycles. The summed E-state index contributed by atoms with van der Waals surface area (Å²) in [4.78, 5) is 13.9. The Balaban J connectivity index is 1.85. The van der Waals surface area contributed by atoms with Crippen LogP contribution in [0.15, 0.2) is 12.2 Å². The molecule has 1 fully saturated rings. The highest BCUT2D eigenvalue weighted by atomic mass is 16.5. The Morgan fingerprint density at radius 3 is 2.46 bits per heavy atom. The van der Waals surface area contributed by atoms with Crippen molar-refractivity contribution in [2.24, 2.45) is 0 Å². The Labute approximate surface area is 161 Å². The molecule has 152 valence electrons. The number of hydrogen-bond acceptors (Lipinski definition) is 3. The van der Waals surface area contributed by atoms with Crippen molar-refractivity contribution >= 4 is 5.91 Å². The van der Waals surface area contributed by atoms with Crippen molar-refractivity contribution in [1.82, 2.24) is 4.90 Å². The number of carbonyl (C=O) groups is 1. The highest BCUT2D eigenvalue weighted by Gasteiger charge is 2.15. The van der Waals surface area contributed by atoms with E-state index in [0.717, 1.165) is 51.6 Å². The monoisotopic (exact) mass is 367 g/mol. The molecule has 0 aliphatic carbocycles. The number of amides is 1. The fourth-order valence-corrected chi connectivity index (χ4v) is 3.34. The lowest BCUT2D eigenvalue weighted by Gasteiger charge is -2.26. The predicted octanol–water partition coefficient (Wildman–Crippen LogP) is 4.85. The lowest BCUT2D eigenvalue weighted by atomic mass is 10.1. The zero-order valence-electron chi connectivity index (χ0n) is 17.0. The molecule has 1 N–H and O–H groups in total. The number of nitrogens with zero attached hydrogens (tertiary/aromatic N) is 1. The van der Waals surface area contributed by atoms with Gasteiger partial charge in [0.05, 0.1) is 19.3 Å². The van der Waals surface area contributed by atoms with Gasteiger partial charge in [-0.2, -0.15) is 0 Å². The molecule has 1 rings (SSSR count). The summed E-state index contributed by atoms with van der Waals surface area (Å²) in [5, 5.41) is 9.90. The van der Waals surface area contributed by atoms with Crippen molar-refractivity contribution in [2.45, 2.75) is 96.5 Å². The standard InChI is InChI=1S/C22H41NO3/c1-2-3-4-11-14-21(24)15-12-9-7-5-6-8-10-13-16-22(25)23-17-19-26-20-18-23/h9,12,21,24H,2-8,10-11,13-20H2,1H3/b12-9-/t21-/m1/s1. The van der Waals surface area contributed by atoms with Crippen LogP contribution in [0, 0.1) is 0 Å². The van der Waals surface area contributed by atoms with Gasteiger partial charge in [-0.05, 0) is 32.1 Å². The lowest BCUT2D eigenvalue weighted by Crippen LogP contribution is -2.40. The van der Waals surface area contributed by atoms with Crippen LogP contribution in [0.4, 0.5) is 0 Å². The van der Waals surface area contributed by atoms with Gasteiger partial charge >= 0.3 is 0 Å². The Bertz CT molecular complexity index is 364. The van der Waals surface area contributed by atoms with Gasteiger partial charge in [-0.25, -0.2) is 0 Å². The van der Waals surface area contributed by atoms with E-state index < -0.39 is 0 Å². The fourth-order valence-electron chi connectivity index (χ4n) is 3.34. The van der Waals surface area contributed by atoms with Crippen LogP contribution in [0.2, 0.25) is 0 Å². The van der Waals surface area contributed by atoms with E-state index in [1.54, 1.807) is 0 Å². The van der Waals surface area contributed by atoms with Gasteiger partial charge in [0.1, 0.15) is 0 Å². The third-order valence-electron chi connectivity index (χ3n) is 5.09. The molecule has 0 aromatic heterocycles. The molecule has 0 spiro atoms. The molecule has 0 aromatic rings. The molecular formula is C22H41NO3. The van der Waals surface area contributed by atoms with Crippen LogP contribution in [0.1, 0.15) is 90.4 Å². The van der Waals surface area contributed by atoms with Crippen molar-refractivity contribution < 1.29 is 14.6 Å². The molecule has 1 atom stereocenters.